The van der Waals surface area contributed by atoms with Crippen LogP contribution in [-0.2, 0) is 67.3 Å². The Morgan fingerprint density at radius 1 is 0.692 bits per heavy atom. The molecule has 7 rings (SSSR count). The van der Waals surface area contributed by atoms with Crippen molar-refractivity contribution in [2.45, 2.75) is 176 Å². The Morgan fingerprint density at radius 3 is 2.02 bits per heavy atom. The SMILES string of the molecule is NC(N)=NCCCC(N)C(=O)NC(CCCN=C(N)N)C(=O)N1CCCC1C(=O)N1CCCC1C(=O)NCC(=O)NC(Cc1cccs1)C(=O)NC(CO)C(=O)NC(N)=NCCCC(C(=O)O)N(C(=O)C1Cc2ccccc2CN1)C(=O)C1CC2CCCCC2N1. The second-order valence-corrected chi connectivity index (χ2v) is 24.7. The minimum Gasteiger partial charge on any atom is -0.480 e. The summed E-state index contributed by atoms with van der Waals surface area (Å²) in [6.45, 7) is -0.560. The van der Waals surface area contributed by atoms with Gasteiger partial charge >= 0.3 is 5.97 Å². The molecule has 4 fully saturated rings. The normalized spacial score (nSPS) is 21.9. The monoisotopic (exact) mass is 1290 g/mol. The van der Waals surface area contributed by atoms with Crippen LogP contribution < -0.4 is 71.6 Å². The van der Waals surface area contributed by atoms with Crippen LogP contribution in [0, 0.1) is 5.92 Å². The molecule has 11 atom stereocenters. The average Bonchev–Trinajstić information content (AvgIpc) is 2.18. The van der Waals surface area contributed by atoms with E-state index in [2.05, 4.69) is 52.2 Å². The van der Waals surface area contributed by atoms with Gasteiger partial charge in [-0.1, -0.05) is 43.2 Å². The standard InChI is InChI=1S/C59H89N19O12S/c60-37(15-5-21-66-57(61)62)48(81)73-39(17-6-22-67-58(63)64)52(85)77-25-9-20-45(77)55(88)76-24-8-19-44(76)51(84)70-31-47(80)72-40(29-36-14-10-26-91-36)49(82)74-43(32-79)50(83)75-59(65)68-23-7-18-46(56(89)90)78(54(87)42-28-34-12-3-4-16-38(34)71-42)53(86)41-27-33-11-1-2-13-35(33)30-69-41/h1-2,10-11,13-14,26,34,37-46,69,71,79H,3-9,12,15-25,27-32,60H2,(H,70,84)(H,72,80)(H,73,81)(H,74,82)(H,89,90)(H4,61,62,66)(H4,63,64,67)(H3,65,68,75,83). The lowest BCUT2D eigenvalue weighted by atomic mass is 9.85. The van der Waals surface area contributed by atoms with Crippen molar-refractivity contribution in [3.8, 4) is 0 Å². The maximum atomic E-state index is 14.4. The van der Waals surface area contributed by atoms with Crippen molar-refractivity contribution >= 4 is 88.3 Å². The number of nitrogens with zero attached hydrogens (tertiary/aromatic N) is 6. The molecule has 1 aliphatic carbocycles. The van der Waals surface area contributed by atoms with E-state index >= 15 is 0 Å². The molecular formula is C59H89N19O12S. The molecule has 21 N–H and O–H groups in total. The van der Waals surface area contributed by atoms with Gasteiger partial charge in [0, 0.05) is 56.6 Å². The van der Waals surface area contributed by atoms with E-state index in [1.165, 1.54) is 21.1 Å². The van der Waals surface area contributed by atoms with Crippen LogP contribution in [-0.4, -0.2) is 208 Å². The molecule has 1 aromatic heterocycles. The van der Waals surface area contributed by atoms with Crippen LogP contribution in [0.1, 0.15) is 112 Å². The molecule has 2 aromatic rings. The molecule has 3 saturated heterocycles. The average molecular weight is 1290 g/mol. The Labute approximate surface area is 531 Å². The fraction of sp³-hybridized carbons (Fsp3) is 0.610. The van der Waals surface area contributed by atoms with Gasteiger partial charge in [-0.3, -0.25) is 68.3 Å². The minimum atomic E-state index is -1.62. The Bertz CT molecular complexity index is 2980. The molecule has 498 valence electrons. The molecular weight excluding hydrogens is 1200 g/mol. The highest BCUT2D eigenvalue weighted by atomic mass is 32.1. The summed E-state index contributed by atoms with van der Waals surface area (Å²) in [4.78, 5) is 155. The van der Waals surface area contributed by atoms with Crippen molar-refractivity contribution < 1.29 is 58.2 Å². The van der Waals surface area contributed by atoms with Gasteiger partial charge in [-0.15, -0.1) is 11.3 Å². The maximum absolute atomic E-state index is 14.4. The highest BCUT2D eigenvalue weighted by Crippen LogP contribution is 2.35. The minimum absolute atomic E-state index is 0.00961. The van der Waals surface area contributed by atoms with Crippen molar-refractivity contribution in [3.63, 3.8) is 0 Å². The number of fused-ring (bicyclic) bond motifs is 2. The number of amides is 9. The van der Waals surface area contributed by atoms with Gasteiger partial charge in [-0.25, -0.2) is 4.79 Å². The number of likely N-dealkylation sites (tertiary alicyclic amines) is 2. The van der Waals surface area contributed by atoms with E-state index in [0.717, 1.165) is 41.7 Å². The number of hydrogen-bond acceptors (Lipinski definition) is 18. The fourth-order valence-electron chi connectivity index (χ4n) is 12.5. The lowest BCUT2D eigenvalue weighted by molar-refractivity contribution is -0.160. The zero-order chi connectivity index (χ0) is 65.7. The number of rotatable bonds is 30. The van der Waals surface area contributed by atoms with Crippen molar-refractivity contribution in [1.29, 1.82) is 0 Å². The van der Waals surface area contributed by atoms with Crippen LogP contribution in [0.15, 0.2) is 56.8 Å². The number of aliphatic hydroxyl groups excluding tert-OH is 1. The first-order valence-corrected chi connectivity index (χ1v) is 32.1. The van der Waals surface area contributed by atoms with E-state index in [0.29, 0.717) is 43.5 Å². The van der Waals surface area contributed by atoms with Crippen LogP contribution in [0.3, 0.4) is 0 Å². The summed E-state index contributed by atoms with van der Waals surface area (Å²) in [7, 11) is 0. The summed E-state index contributed by atoms with van der Waals surface area (Å²) < 4.78 is 0. The number of carbonyl (C=O) groups excluding carboxylic acids is 9. The highest BCUT2D eigenvalue weighted by molar-refractivity contribution is 7.09. The molecule has 0 radical (unpaired) electrons. The van der Waals surface area contributed by atoms with Crippen LogP contribution in [0.4, 0.5) is 0 Å². The molecule has 11 unspecified atom stereocenters. The second kappa shape index (κ2) is 34.2. The number of carbonyl (C=O) groups is 10. The quantitative estimate of drug-likeness (QED) is 0.0153. The first kappa shape index (κ1) is 70.1. The molecule has 0 spiro atoms. The highest BCUT2D eigenvalue weighted by Gasteiger charge is 2.47. The number of aliphatic hydroxyl groups is 1. The summed E-state index contributed by atoms with van der Waals surface area (Å²) >= 11 is 1.29. The third-order valence-electron chi connectivity index (χ3n) is 17.2. The van der Waals surface area contributed by atoms with Crippen LogP contribution in [0.5, 0.6) is 0 Å². The Morgan fingerprint density at radius 2 is 1.34 bits per heavy atom. The number of guanidine groups is 3. The van der Waals surface area contributed by atoms with Crippen LogP contribution in [0.25, 0.3) is 0 Å². The summed E-state index contributed by atoms with van der Waals surface area (Å²) in [5.41, 5.74) is 35.9. The van der Waals surface area contributed by atoms with Gasteiger partial charge in [-0.2, -0.15) is 0 Å². The topological polar surface area (TPSA) is 498 Å². The van der Waals surface area contributed by atoms with E-state index in [1.54, 1.807) is 17.5 Å². The molecule has 32 heteroatoms. The van der Waals surface area contributed by atoms with Crippen LogP contribution in [0.2, 0.25) is 0 Å². The molecule has 5 aliphatic rings. The van der Waals surface area contributed by atoms with Gasteiger partial charge in [0.25, 0.3) is 5.91 Å². The van der Waals surface area contributed by atoms with Gasteiger partial charge in [0.05, 0.1) is 31.3 Å². The van der Waals surface area contributed by atoms with E-state index in [4.69, 9.17) is 34.4 Å². The number of carboxylic acids is 1. The maximum Gasteiger partial charge on any atom is 0.326 e. The zero-order valence-corrected chi connectivity index (χ0v) is 51.9. The molecule has 9 amide bonds. The third-order valence-corrected chi connectivity index (χ3v) is 18.1. The number of nitrogens with two attached hydrogens (primary N) is 6. The van der Waals surface area contributed by atoms with E-state index < -0.39 is 133 Å². The lowest BCUT2D eigenvalue weighted by Crippen LogP contribution is -2.60. The smallest absolute Gasteiger partial charge is 0.326 e. The summed E-state index contributed by atoms with van der Waals surface area (Å²) in [5.74, 6) is -8.01. The second-order valence-electron chi connectivity index (χ2n) is 23.6. The molecule has 1 saturated carbocycles. The van der Waals surface area contributed by atoms with Gasteiger partial charge in [0.2, 0.25) is 47.3 Å². The molecule has 0 bridgehead atoms. The number of nitrogens with one attached hydrogen (secondary N) is 7. The largest absolute Gasteiger partial charge is 0.480 e. The summed E-state index contributed by atoms with van der Waals surface area (Å²) in [6.07, 6.45) is 6.82. The predicted octanol–water partition coefficient (Wildman–Crippen LogP) is -4.08. The zero-order valence-electron chi connectivity index (χ0n) is 51.1. The first-order chi connectivity index (χ1) is 43.6. The van der Waals surface area contributed by atoms with E-state index in [-0.39, 0.29) is 108 Å². The number of benzene rings is 1. The van der Waals surface area contributed by atoms with Gasteiger partial charge in [0.15, 0.2) is 17.9 Å². The van der Waals surface area contributed by atoms with Crippen molar-refractivity contribution in [2.24, 2.45) is 55.3 Å². The van der Waals surface area contributed by atoms with Crippen molar-refractivity contribution in [3.05, 3.63) is 57.8 Å². The Kier molecular flexibility index (Phi) is 26.4. The predicted molar refractivity (Wildman–Crippen MR) is 336 cm³/mol. The number of aliphatic imine (C=N–C) groups is 3. The number of imide groups is 1. The van der Waals surface area contributed by atoms with Crippen molar-refractivity contribution in [1.82, 2.24) is 51.9 Å². The first-order valence-electron chi connectivity index (χ1n) is 31.2. The Balaban J connectivity index is 0.919. The molecule has 4 aliphatic heterocycles. The lowest BCUT2D eigenvalue weighted by Gasteiger charge is -2.34. The summed E-state index contributed by atoms with van der Waals surface area (Å²) in [6, 6.07) is 0.968. The van der Waals surface area contributed by atoms with Crippen molar-refractivity contribution in [2.75, 3.05) is 45.9 Å². The van der Waals surface area contributed by atoms with Gasteiger partial charge in [-0.05, 0) is 118 Å². The molecule has 5 heterocycles. The number of aliphatic carboxylic acids is 1. The third kappa shape index (κ3) is 19.8. The van der Waals surface area contributed by atoms with E-state index in [1.807, 2.05) is 24.3 Å². The molecule has 91 heavy (non-hydrogen) atoms. The number of hydrogen-bond donors (Lipinski definition) is 15. The van der Waals surface area contributed by atoms with E-state index in [9.17, 15) is 58.2 Å². The van der Waals surface area contributed by atoms with Crippen LogP contribution >= 0.6 is 11.3 Å². The molecule has 31 nitrogen and oxygen atoms in total. The van der Waals surface area contributed by atoms with Gasteiger partial charge in [0.1, 0.15) is 36.3 Å². The van der Waals surface area contributed by atoms with Gasteiger partial charge < -0.3 is 86.3 Å². The number of carboxylic acid groups (broad SMARTS) is 1. The fourth-order valence-corrected chi connectivity index (χ4v) is 13.3. The summed E-state index contributed by atoms with van der Waals surface area (Å²) in [5, 5.41) is 41.9. The number of thiophene rings is 1. The molecule has 1 aromatic carbocycles. The Hall–Kier alpha value is -8.33.